The van der Waals surface area contributed by atoms with E-state index in [2.05, 4.69) is 22.0 Å². The summed E-state index contributed by atoms with van der Waals surface area (Å²) in [7, 11) is -3.70. The van der Waals surface area contributed by atoms with Crippen molar-refractivity contribution in [3.8, 4) is 0 Å². The summed E-state index contributed by atoms with van der Waals surface area (Å²) in [5, 5.41) is 2.73. The second-order valence-electron chi connectivity index (χ2n) is 9.62. The fraction of sp³-hybridized carbons (Fsp3) is 0.538. The van der Waals surface area contributed by atoms with Crippen molar-refractivity contribution in [1.82, 2.24) is 18.6 Å². The van der Waals surface area contributed by atoms with E-state index in [4.69, 9.17) is 16.3 Å². The summed E-state index contributed by atoms with van der Waals surface area (Å²) in [5.74, 6) is 0.0154. The van der Waals surface area contributed by atoms with Crippen molar-refractivity contribution in [2.75, 3.05) is 59.0 Å². The fourth-order valence-electron chi connectivity index (χ4n) is 5.52. The third-order valence-corrected chi connectivity index (χ3v) is 9.60. The minimum atomic E-state index is -3.70. The van der Waals surface area contributed by atoms with Crippen molar-refractivity contribution in [3.63, 3.8) is 0 Å². The highest BCUT2D eigenvalue weighted by Gasteiger charge is 2.49. The maximum absolute atomic E-state index is 14.2. The molecule has 0 amide bonds. The van der Waals surface area contributed by atoms with Gasteiger partial charge < -0.3 is 4.74 Å². The van der Waals surface area contributed by atoms with Crippen LogP contribution in [-0.2, 0) is 14.9 Å². The summed E-state index contributed by atoms with van der Waals surface area (Å²) in [5.41, 5.74) is 2.12. The van der Waals surface area contributed by atoms with E-state index in [0.29, 0.717) is 31.2 Å². The van der Waals surface area contributed by atoms with E-state index in [-0.39, 0.29) is 12.0 Å². The highest BCUT2D eigenvalue weighted by Crippen LogP contribution is 2.45. The van der Waals surface area contributed by atoms with Gasteiger partial charge in [-0.2, -0.15) is 12.7 Å². The summed E-state index contributed by atoms with van der Waals surface area (Å²) >= 11 is 6.22. The van der Waals surface area contributed by atoms with E-state index in [9.17, 15) is 8.42 Å². The number of benzene rings is 2. The molecule has 0 aliphatic carbocycles. The van der Waals surface area contributed by atoms with Crippen LogP contribution in [0, 0.1) is 0 Å². The molecular weight excluding hydrogens is 484 g/mol. The third-order valence-electron chi connectivity index (χ3n) is 7.40. The van der Waals surface area contributed by atoms with Crippen molar-refractivity contribution >= 4 is 21.8 Å². The molecule has 2 unspecified atom stereocenters. The summed E-state index contributed by atoms with van der Waals surface area (Å²) in [4.78, 5) is 2.36. The van der Waals surface area contributed by atoms with Gasteiger partial charge in [0.25, 0.3) is 10.2 Å². The van der Waals surface area contributed by atoms with Crippen LogP contribution in [0.2, 0.25) is 5.02 Å². The highest BCUT2D eigenvalue weighted by molar-refractivity contribution is 7.86. The molecule has 0 aromatic heterocycles. The molecule has 0 spiro atoms. The first-order chi connectivity index (χ1) is 17.0. The van der Waals surface area contributed by atoms with Gasteiger partial charge in [-0.25, -0.2) is 5.01 Å². The Morgan fingerprint density at radius 2 is 1.51 bits per heavy atom. The Labute approximate surface area is 214 Å². The van der Waals surface area contributed by atoms with Gasteiger partial charge in [-0.05, 0) is 36.1 Å². The number of halogens is 1. The van der Waals surface area contributed by atoms with Crippen LogP contribution in [0.15, 0.2) is 54.6 Å². The van der Waals surface area contributed by atoms with Crippen LogP contribution in [0.25, 0.3) is 0 Å². The number of nitrogens with zero attached hydrogens (tertiary/aromatic N) is 4. The van der Waals surface area contributed by atoms with E-state index in [0.717, 1.165) is 63.2 Å². The zero-order valence-electron chi connectivity index (χ0n) is 20.1. The minimum absolute atomic E-state index is 0.0154. The van der Waals surface area contributed by atoms with Crippen LogP contribution >= 0.6 is 11.6 Å². The molecule has 35 heavy (non-hydrogen) atoms. The minimum Gasteiger partial charge on any atom is -0.379 e. The number of hydrogen-bond acceptors (Lipinski definition) is 5. The highest BCUT2D eigenvalue weighted by atomic mass is 35.5. The molecule has 2 aromatic carbocycles. The number of hydrogen-bond donors (Lipinski definition) is 0. The number of rotatable bonds is 7. The van der Waals surface area contributed by atoms with Gasteiger partial charge in [0.15, 0.2) is 0 Å². The molecule has 5 rings (SSSR count). The van der Waals surface area contributed by atoms with Crippen molar-refractivity contribution < 1.29 is 13.2 Å². The molecule has 3 saturated heterocycles. The molecule has 0 N–H and O–H groups in total. The van der Waals surface area contributed by atoms with Gasteiger partial charge in [0.05, 0.1) is 19.3 Å². The first-order valence-corrected chi connectivity index (χ1v) is 14.5. The lowest BCUT2D eigenvalue weighted by atomic mass is 9.89. The quantitative estimate of drug-likeness (QED) is 0.558. The molecule has 2 aromatic rings. The number of ether oxygens (including phenoxy) is 1. The van der Waals surface area contributed by atoms with Crippen LogP contribution in [0.3, 0.4) is 0 Å². The zero-order valence-corrected chi connectivity index (χ0v) is 21.7. The number of hydrazine groups is 1. The first-order valence-electron chi connectivity index (χ1n) is 12.7. The lowest BCUT2D eigenvalue weighted by molar-refractivity contribution is 0.0181. The monoisotopic (exact) mass is 518 g/mol. The van der Waals surface area contributed by atoms with Gasteiger partial charge in [0.1, 0.15) is 0 Å². The molecule has 0 bridgehead atoms. The molecule has 7 nitrogen and oxygen atoms in total. The second-order valence-corrected chi connectivity index (χ2v) is 11.8. The fourth-order valence-corrected chi connectivity index (χ4v) is 7.60. The first kappa shape index (κ1) is 25.1. The Morgan fingerprint density at radius 1 is 0.829 bits per heavy atom. The smallest absolute Gasteiger partial charge is 0.295 e. The van der Waals surface area contributed by atoms with Crippen molar-refractivity contribution in [2.45, 2.75) is 31.2 Å². The summed E-state index contributed by atoms with van der Waals surface area (Å²) in [6.45, 7) is 6.51. The average molecular weight is 519 g/mol. The van der Waals surface area contributed by atoms with Gasteiger partial charge >= 0.3 is 0 Å². The summed E-state index contributed by atoms with van der Waals surface area (Å²) in [6.07, 6.45) is 2.91. The van der Waals surface area contributed by atoms with E-state index < -0.39 is 10.2 Å². The van der Waals surface area contributed by atoms with Crippen LogP contribution in [-0.4, -0.2) is 86.1 Å². The normalized spacial score (nSPS) is 25.7. The van der Waals surface area contributed by atoms with Crippen LogP contribution in [0.4, 0.5) is 0 Å². The van der Waals surface area contributed by atoms with Gasteiger partial charge in [-0.3, -0.25) is 4.90 Å². The third kappa shape index (κ3) is 5.59. The predicted octanol–water partition coefficient (Wildman–Crippen LogP) is 3.76. The number of morpholine rings is 1. The molecule has 0 saturated carbocycles. The maximum atomic E-state index is 14.2. The average Bonchev–Trinajstić information content (AvgIpc) is 3.30. The molecular formula is C26H35ClN4O3S. The van der Waals surface area contributed by atoms with Crippen molar-refractivity contribution in [3.05, 3.63) is 70.7 Å². The molecule has 3 fully saturated rings. The van der Waals surface area contributed by atoms with E-state index in [1.165, 1.54) is 0 Å². The lowest BCUT2D eigenvalue weighted by Crippen LogP contribution is -2.53. The summed E-state index contributed by atoms with van der Waals surface area (Å²) < 4.78 is 37.4. The van der Waals surface area contributed by atoms with Gasteiger partial charge in [-0.1, -0.05) is 60.5 Å². The van der Waals surface area contributed by atoms with Crippen molar-refractivity contribution in [2.24, 2.45) is 0 Å². The predicted molar refractivity (Wildman–Crippen MR) is 138 cm³/mol. The molecule has 9 heteroatoms. The van der Waals surface area contributed by atoms with Gasteiger partial charge in [-0.15, -0.1) is 4.41 Å². The molecule has 190 valence electrons. The van der Waals surface area contributed by atoms with Crippen molar-refractivity contribution in [1.29, 1.82) is 0 Å². The molecule has 0 radical (unpaired) electrons. The van der Waals surface area contributed by atoms with E-state index in [1.54, 1.807) is 8.72 Å². The van der Waals surface area contributed by atoms with Gasteiger partial charge in [0.2, 0.25) is 0 Å². The largest absolute Gasteiger partial charge is 0.379 e. The lowest BCUT2D eigenvalue weighted by Gasteiger charge is -2.38. The number of piperidine rings is 1. The topological polar surface area (TPSA) is 56.3 Å². The molecule has 3 aliphatic rings. The van der Waals surface area contributed by atoms with Crippen LogP contribution in [0.5, 0.6) is 0 Å². The Kier molecular flexibility index (Phi) is 8.08. The van der Waals surface area contributed by atoms with E-state index in [1.807, 2.05) is 42.5 Å². The molecule has 3 heterocycles. The molecule has 3 aliphatic heterocycles. The zero-order chi connectivity index (χ0) is 24.3. The summed E-state index contributed by atoms with van der Waals surface area (Å²) in [6, 6.07) is 17.7. The SMILES string of the molecule is O=S(=O)(N1CCCCC1)N1C(c2ccc(Cl)cc2)C(c2ccccc2)CN1CCN1CCOCC1. The second kappa shape index (κ2) is 11.3. The van der Waals surface area contributed by atoms with Crippen LogP contribution < -0.4 is 0 Å². The maximum Gasteiger partial charge on any atom is 0.295 e. The van der Waals surface area contributed by atoms with Gasteiger partial charge in [0, 0.05) is 56.8 Å². The van der Waals surface area contributed by atoms with Crippen LogP contribution in [0.1, 0.15) is 42.3 Å². The Morgan fingerprint density at radius 3 is 2.20 bits per heavy atom. The Hall–Kier alpha value is -1.52. The Bertz CT molecular complexity index is 1060. The standard InChI is InChI=1S/C26H35ClN4O3S/c27-24-11-9-23(10-12-24)26-25(22-7-3-1-4-8-22)21-29(16-15-28-17-19-34-20-18-28)31(26)35(32,33)30-13-5-2-6-14-30/h1,3-4,7-12,25-26H,2,5-6,13-21H2. The molecule has 2 atom stereocenters. The Balaban J connectivity index is 1.53. The van der Waals surface area contributed by atoms with E-state index >= 15 is 0 Å².